The first-order valence-electron chi connectivity index (χ1n) is 6.67. The van der Waals surface area contributed by atoms with Crippen molar-refractivity contribution in [3.8, 4) is 0 Å². The molecule has 2 heterocycles. The summed E-state index contributed by atoms with van der Waals surface area (Å²) >= 11 is 0. The lowest BCUT2D eigenvalue weighted by Gasteiger charge is -2.15. The van der Waals surface area contributed by atoms with E-state index in [0.717, 1.165) is 32.6 Å². The van der Waals surface area contributed by atoms with Crippen LogP contribution in [0.1, 0.15) is 32.2 Å². The molecule has 0 saturated carbocycles. The summed E-state index contributed by atoms with van der Waals surface area (Å²) < 4.78 is 2.12. The van der Waals surface area contributed by atoms with E-state index in [2.05, 4.69) is 41.5 Å². The summed E-state index contributed by atoms with van der Waals surface area (Å²) in [5.74, 6) is 0.610. The van der Waals surface area contributed by atoms with E-state index in [0.29, 0.717) is 12.0 Å². The summed E-state index contributed by atoms with van der Waals surface area (Å²) in [6.45, 7) is 10.6. The molecule has 1 aliphatic heterocycles. The normalized spacial score (nSPS) is 25.6. The minimum Gasteiger partial charge on any atom is -0.326 e. The van der Waals surface area contributed by atoms with E-state index >= 15 is 0 Å². The molecule has 1 saturated heterocycles. The molecular weight excluding hydrogens is 212 g/mol. The fraction of sp³-hybridized carbons (Fsp3) is 0.769. The summed E-state index contributed by atoms with van der Waals surface area (Å²) in [6, 6.07) is 2.57. The van der Waals surface area contributed by atoms with E-state index in [1.165, 1.54) is 11.4 Å². The molecule has 2 atom stereocenters. The van der Waals surface area contributed by atoms with Gasteiger partial charge in [-0.3, -0.25) is 9.58 Å². The minimum absolute atomic E-state index is 0.332. The molecule has 0 radical (unpaired) electrons. The number of nitrogens with zero attached hydrogens (tertiary/aromatic N) is 3. The lowest BCUT2D eigenvalue weighted by molar-refractivity contribution is 0.307. The second kappa shape index (κ2) is 5.19. The van der Waals surface area contributed by atoms with Crippen molar-refractivity contribution in [2.75, 3.05) is 13.1 Å². The molecule has 0 aromatic carbocycles. The van der Waals surface area contributed by atoms with Crippen LogP contribution >= 0.6 is 0 Å². The number of rotatable bonds is 4. The Morgan fingerprint density at radius 2 is 2.18 bits per heavy atom. The van der Waals surface area contributed by atoms with Crippen molar-refractivity contribution in [3.05, 3.63) is 17.5 Å². The van der Waals surface area contributed by atoms with Crippen LogP contribution in [0.15, 0.2) is 6.07 Å². The number of likely N-dealkylation sites (tertiary alicyclic amines) is 1. The second-order valence-corrected chi connectivity index (χ2v) is 5.13. The first-order chi connectivity index (χ1) is 8.13. The van der Waals surface area contributed by atoms with Crippen LogP contribution in [0.25, 0.3) is 0 Å². The Morgan fingerprint density at radius 3 is 2.71 bits per heavy atom. The van der Waals surface area contributed by atoms with Crippen LogP contribution in [0.4, 0.5) is 0 Å². The van der Waals surface area contributed by atoms with Crippen molar-refractivity contribution in [2.45, 2.75) is 46.3 Å². The highest BCUT2D eigenvalue weighted by Gasteiger charge is 2.27. The Balaban J connectivity index is 2.05. The van der Waals surface area contributed by atoms with Crippen LogP contribution in [-0.4, -0.2) is 33.8 Å². The van der Waals surface area contributed by atoms with Crippen LogP contribution in [0.3, 0.4) is 0 Å². The van der Waals surface area contributed by atoms with Gasteiger partial charge in [-0.05, 0) is 25.3 Å². The Bertz CT molecular complexity index is 361. The average Bonchev–Trinajstić information content (AvgIpc) is 2.84. The van der Waals surface area contributed by atoms with Gasteiger partial charge in [0.05, 0.1) is 11.4 Å². The van der Waals surface area contributed by atoms with Crippen LogP contribution in [0.2, 0.25) is 0 Å². The van der Waals surface area contributed by atoms with Gasteiger partial charge in [-0.25, -0.2) is 0 Å². The van der Waals surface area contributed by atoms with Gasteiger partial charge in [0.15, 0.2) is 0 Å². The Labute approximate surface area is 104 Å². The van der Waals surface area contributed by atoms with E-state index in [-0.39, 0.29) is 0 Å². The fourth-order valence-corrected chi connectivity index (χ4v) is 2.54. The van der Waals surface area contributed by atoms with Gasteiger partial charge in [0.2, 0.25) is 0 Å². The van der Waals surface area contributed by atoms with Gasteiger partial charge in [-0.15, -0.1) is 0 Å². The molecule has 1 aliphatic rings. The second-order valence-electron chi connectivity index (χ2n) is 5.13. The van der Waals surface area contributed by atoms with Gasteiger partial charge in [-0.1, -0.05) is 13.8 Å². The predicted molar refractivity (Wildman–Crippen MR) is 69.7 cm³/mol. The summed E-state index contributed by atoms with van der Waals surface area (Å²) in [7, 11) is 0. The molecule has 0 amide bonds. The smallest absolute Gasteiger partial charge is 0.0625 e. The zero-order valence-electron chi connectivity index (χ0n) is 11.2. The van der Waals surface area contributed by atoms with Gasteiger partial charge in [0.1, 0.15) is 0 Å². The predicted octanol–water partition coefficient (Wildman–Crippen LogP) is 1.24. The van der Waals surface area contributed by atoms with Crippen LogP contribution in [0.5, 0.6) is 0 Å². The molecular formula is C13H24N4. The maximum atomic E-state index is 6.06. The summed E-state index contributed by atoms with van der Waals surface area (Å²) in [5.41, 5.74) is 8.58. The summed E-state index contributed by atoms with van der Waals surface area (Å²) in [5, 5.41) is 4.59. The molecule has 17 heavy (non-hydrogen) atoms. The lowest BCUT2D eigenvalue weighted by Crippen LogP contribution is -2.28. The molecule has 4 nitrogen and oxygen atoms in total. The molecule has 0 aliphatic carbocycles. The quantitative estimate of drug-likeness (QED) is 0.855. The maximum Gasteiger partial charge on any atom is 0.0625 e. The standard InChI is InChI=1S/C13H24N4/c1-4-11-6-12(17(5-2)15-11)8-16-7-10(3)13(14)9-16/h6,10,13H,4-5,7-9,14H2,1-3H3. The summed E-state index contributed by atoms with van der Waals surface area (Å²) in [4.78, 5) is 2.44. The highest BCUT2D eigenvalue weighted by molar-refractivity contribution is 5.11. The molecule has 4 heteroatoms. The average molecular weight is 236 g/mol. The number of nitrogens with two attached hydrogens (primary N) is 1. The van der Waals surface area contributed by atoms with E-state index in [9.17, 15) is 0 Å². The van der Waals surface area contributed by atoms with Crippen molar-refractivity contribution in [2.24, 2.45) is 11.7 Å². The van der Waals surface area contributed by atoms with E-state index in [4.69, 9.17) is 5.73 Å². The monoisotopic (exact) mass is 236 g/mol. The Hall–Kier alpha value is -0.870. The van der Waals surface area contributed by atoms with E-state index in [1.54, 1.807) is 0 Å². The first-order valence-corrected chi connectivity index (χ1v) is 6.67. The Kier molecular flexibility index (Phi) is 3.84. The molecule has 2 unspecified atom stereocenters. The molecule has 0 bridgehead atoms. The molecule has 96 valence electrons. The van der Waals surface area contributed by atoms with Gasteiger partial charge < -0.3 is 5.73 Å². The van der Waals surface area contributed by atoms with Crippen molar-refractivity contribution in [1.29, 1.82) is 0 Å². The summed E-state index contributed by atoms with van der Waals surface area (Å²) in [6.07, 6.45) is 1.01. The topological polar surface area (TPSA) is 47.1 Å². The van der Waals surface area contributed by atoms with Crippen molar-refractivity contribution in [1.82, 2.24) is 14.7 Å². The highest BCUT2D eigenvalue weighted by Crippen LogP contribution is 2.18. The first kappa shape index (κ1) is 12.6. The third-order valence-electron chi connectivity index (χ3n) is 3.71. The van der Waals surface area contributed by atoms with Crippen molar-refractivity contribution < 1.29 is 0 Å². The van der Waals surface area contributed by atoms with Crippen molar-refractivity contribution in [3.63, 3.8) is 0 Å². The molecule has 1 fully saturated rings. The van der Waals surface area contributed by atoms with Crippen molar-refractivity contribution >= 4 is 0 Å². The SMILES string of the molecule is CCc1cc(CN2CC(C)C(N)C2)n(CC)n1. The van der Waals surface area contributed by atoms with Crippen LogP contribution in [0, 0.1) is 5.92 Å². The zero-order chi connectivity index (χ0) is 12.4. The zero-order valence-corrected chi connectivity index (χ0v) is 11.2. The third-order valence-corrected chi connectivity index (χ3v) is 3.71. The van der Waals surface area contributed by atoms with Gasteiger partial charge in [-0.2, -0.15) is 5.10 Å². The molecule has 2 rings (SSSR count). The van der Waals surface area contributed by atoms with E-state index < -0.39 is 0 Å². The fourth-order valence-electron chi connectivity index (χ4n) is 2.54. The van der Waals surface area contributed by atoms with Crippen LogP contribution in [-0.2, 0) is 19.5 Å². The van der Waals surface area contributed by atoms with Gasteiger partial charge in [0, 0.05) is 32.2 Å². The molecule has 0 spiro atoms. The number of hydrogen-bond acceptors (Lipinski definition) is 3. The minimum atomic E-state index is 0.332. The van der Waals surface area contributed by atoms with Gasteiger partial charge in [0.25, 0.3) is 0 Å². The molecule has 1 aromatic rings. The van der Waals surface area contributed by atoms with E-state index in [1.807, 2.05) is 0 Å². The maximum absolute atomic E-state index is 6.06. The largest absolute Gasteiger partial charge is 0.326 e. The van der Waals surface area contributed by atoms with Crippen LogP contribution < -0.4 is 5.73 Å². The Morgan fingerprint density at radius 1 is 1.41 bits per heavy atom. The number of aromatic nitrogens is 2. The number of aryl methyl sites for hydroxylation is 2. The number of hydrogen-bond donors (Lipinski definition) is 1. The molecule has 2 N–H and O–H groups in total. The molecule has 1 aromatic heterocycles. The third kappa shape index (κ3) is 2.69. The highest BCUT2D eigenvalue weighted by atomic mass is 15.3. The lowest BCUT2D eigenvalue weighted by atomic mass is 10.1. The van der Waals surface area contributed by atoms with Gasteiger partial charge >= 0.3 is 0 Å².